The standard InChI is InChI=1S/C22H24N4O2/c1-15-13-16(24-28-15)14-25-9-11-26(12-10-25)22(27)21-17-5-2-3-7-19(17)23-20-8-4-6-18(20)21/h2-3,5,7,13H,4,6,8-12,14H2,1H3. The number of rotatable bonds is 3. The maximum Gasteiger partial charge on any atom is 0.254 e. The summed E-state index contributed by atoms with van der Waals surface area (Å²) in [5.74, 6) is 0.996. The van der Waals surface area contributed by atoms with Crippen molar-refractivity contribution in [2.75, 3.05) is 26.2 Å². The highest BCUT2D eigenvalue weighted by molar-refractivity contribution is 6.07. The Morgan fingerprint density at radius 3 is 2.75 bits per heavy atom. The molecule has 144 valence electrons. The molecule has 1 aromatic carbocycles. The van der Waals surface area contributed by atoms with Crippen LogP contribution >= 0.6 is 0 Å². The van der Waals surface area contributed by atoms with Gasteiger partial charge in [0.15, 0.2) is 0 Å². The molecule has 1 fully saturated rings. The van der Waals surface area contributed by atoms with Crippen molar-refractivity contribution in [2.45, 2.75) is 32.7 Å². The number of hydrogen-bond acceptors (Lipinski definition) is 5. The maximum atomic E-state index is 13.5. The molecule has 0 bridgehead atoms. The molecule has 0 N–H and O–H groups in total. The van der Waals surface area contributed by atoms with Crippen molar-refractivity contribution in [1.82, 2.24) is 19.9 Å². The number of amides is 1. The normalized spacial score (nSPS) is 17.2. The minimum Gasteiger partial charge on any atom is -0.361 e. The zero-order valence-corrected chi connectivity index (χ0v) is 16.1. The van der Waals surface area contributed by atoms with Gasteiger partial charge in [-0.2, -0.15) is 0 Å². The molecule has 0 unspecified atom stereocenters. The van der Waals surface area contributed by atoms with Gasteiger partial charge in [-0.15, -0.1) is 0 Å². The molecule has 2 aliphatic rings. The predicted molar refractivity (Wildman–Crippen MR) is 106 cm³/mol. The number of hydrogen-bond donors (Lipinski definition) is 0. The minimum atomic E-state index is 0.161. The van der Waals surface area contributed by atoms with Crippen LogP contribution in [0.2, 0.25) is 0 Å². The molecule has 0 spiro atoms. The Labute approximate surface area is 164 Å². The van der Waals surface area contributed by atoms with E-state index in [-0.39, 0.29) is 5.91 Å². The molecule has 0 atom stereocenters. The zero-order chi connectivity index (χ0) is 19.1. The highest BCUT2D eigenvalue weighted by atomic mass is 16.5. The molecule has 0 saturated carbocycles. The van der Waals surface area contributed by atoms with Crippen LogP contribution in [0.3, 0.4) is 0 Å². The van der Waals surface area contributed by atoms with Crippen molar-refractivity contribution < 1.29 is 9.32 Å². The molecule has 6 heteroatoms. The first kappa shape index (κ1) is 17.4. The summed E-state index contributed by atoms with van der Waals surface area (Å²) in [5, 5.41) is 5.08. The van der Waals surface area contributed by atoms with Crippen molar-refractivity contribution in [1.29, 1.82) is 0 Å². The van der Waals surface area contributed by atoms with Gasteiger partial charge in [0.05, 0.1) is 16.8 Å². The number of carbonyl (C=O) groups is 1. The number of carbonyl (C=O) groups excluding carboxylic acids is 1. The molecule has 3 aromatic rings. The third-order valence-corrected chi connectivity index (χ3v) is 5.86. The Balaban J connectivity index is 1.36. The van der Waals surface area contributed by atoms with Crippen molar-refractivity contribution in [3.05, 3.63) is 58.6 Å². The summed E-state index contributed by atoms with van der Waals surface area (Å²) in [5.41, 5.74) is 5.06. The van der Waals surface area contributed by atoms with Crippen molar-refractivity contribution in [3.8, 4) is 0 Å². The quantitative estimate of drug-likeness (QED) is 0.703. The number of aryl methyl sites for hydroxylation is 2. The lowest BCUT2D eigenvalue weighted by atomic mass is 9.99. The van der Waals surface area contributed by atoms with E-state index in [9.17, 15) is 4.79 Å². The van der Waals surface area contributed by atoms with Gasteiger partial charge < -0.3 is 9.42 Å². The molecule has 3 heterocycles. The van der Waals surface area contributed by atoms with Gasteiger partial charge in [0.1, 0.15) is 5.76 Å². The molecule has 5 rings (SSSR count). The Morgan fingerprint density at radius 2 is 1.96 bits per heavy atom. The molecule has 1 aliphatic carbocycles. The largest absolute Gasteiger partial charge is 0.361 e. The topological polar surface area (TPSA) is 62.5 Å². The predicted octanol–water partition coefficient (Wildman–Crippen LogP) is 2.98. The first-order valence-corrected chi connectivity index (χ1v) is 10.0. The molecule has 1 saturated heterocycles. The number of aromatic nitrogens is 2. The number of para-hydroxylation sites is 1. The van der Waals surface area contributed by atoms with Crippen LogP contribution in [0.25, 0.3) is 10.9 Å². The van der Waals surface area contributed by atoms with Gasteiger partial charge in [-0.3, -0.25) is 14.7 Å². The Hall–Kier alpha value is -2.73. The number of pyridine rings is 1. The lowest BCUT2D eigenvalue weighted by Gasteiger charge is -2.34. The van der Waals surface area contributed by atoms with E-state index in [0.717, 1.165) is 85.6 Å². The second kappa shape index (κ2) is 7.02. The van der Waals surface area contributed by atoms with Crippen LogP contribution in [0.15, 0.2) is 34.9 Å². The van der Waals surface area contributed by atoms with Crippen molar-refractivity contribution >= 4 is 16.8 Å². The number of piperazine rings is 1. The van der Waals surface area contributed by atoms with E-state index in [1.807, 2.05) is 42.2 Å². The first-order valence-electron chi connectivity index (χ1n) is 10.0. The van der Waals surface area contributed by atoms with Crippen LogP contribution in [-0.2, 0) is 19.4 Å². The molecule has 0 radical (unpaired) electrons. The van der Waals surface area contributed by atoms with Crippen molar-refractivity contribution in [2.24, 2.45) is 0 Å². The molecule has 6 nitrogen and oxygen atoms in total. The van der Waals surface area contributed by atoms with Crippen LogP contribution in [0.4, 0.5) is 0 Å². The van der Waals surface area contributed by atoms with Gasteiger partial charge in [0.25, 0.3) is 5.91 Å². The summed E-state index contributed by atoms with van der Waals surface area (Å²) in [4.78, 5) is 22.6. The van der Waals surface area contributed by atoms with Gasteiger partial charge >= 0.3 is 0 Å². The van der Waals surface area contributed by atoms with E-state index < -0.39 is 0 Å². The lowest BCUT2D eigenvalue weighted by Crippen LogP contribution is -2.48. The van der Waals surface area contributed by atoms with Gasteiger partial charge in [0, 0.05) is 49.9 Å². The van der Waals surface area contributed by atoms with Crippen LogP contribution in [0.5, 0.6) is 0 Å². The maximum absolute atomic E-state index is 13.5. The third kappa shape index (κ3) is 3.07. The molecular weight excluding hydrogens is 352 g/mol. The van der Waals surface area contributed by atoms with E-state index in [1.165, 1.54) is 5.56 Å². The third-order valence-electron chi connectivity index (χ3n) is 5.86. The van der Waals surface area contributed by atoms with Crippen LogP contribution < -0.4 is 0 Å². The molecule has 2 aromatic heterocycles. The lowest BCUT2D eigenvalue weighted by molar-refractivity contribution is 0.0626. The van der Waals surface area contributed by atoms with E-state index in [2.05, 4.69) is 10.1 Å². The van der Waals surface area contributed by atoms with Crippen LogP contribution in [0.1, 0.15) is 39.5 Å². The second-order valence-corrected chi connectivity index (χ2v) is 7.78. The summed E-state index contributed by atoms with van der Waals surface area (Å²) in [6.45, 7) is 5.85. The average Bonchev–Trinajstić information content (AvgIpc) is 3.34. The monoisotopic (exact) mass is 376 g/mol. The van der Waals surface area contributed by atoms with E-state index in [0.29, 0.717) is 0 Å². The molecular formula is C22H24N4O2. The fraction of sp³-hybridized carbons (Fsp3) is 0.409. The Bertz CT molecular complexity index is 1030. The fourth-order valence-electron chi connectivity index (χ4n) is 4.44. The summed E-state index contributed by atoms with van der Waals surface area (Å²) < 4.78 is 5.16. The van der Waals surface area contributed by atoms with E-state index in [4.69, 9.17) is 9.51 Å². The number of benzene rings is 1. The second-order valence-electron chi connectivity index (χ2n) is 7.78. The molecule has 1 amide bonds. The smallest absolute Gasteiger partial charge is 0.254 e. The Kier molecular flexibility index (Phi) is 4.36. The first-order chi connectivity index (χ1) is 13.7. The van der Waals surface area contributed by atoms with E-state index >= 15 is 0 Å². The van der Waals surface area contributed by atoms with Gasteiger partial charge in [-0.05, 0) is 37.8 Å². The summed E-state index contributed by atoms with van der Waals surface area (Å²) in [6, 6.07) is 10.0. The average molecular weight is 376 g/mol. The van der Waals surface area contributed by atoms with Crippen molar-refractivity contribution in [3.63, 3.8) is 0 Å². The highest BCUT2D eigenvalue weighted by Gasteiger charge is 2.29. The van der Waals surface area contributed by atoms with Gasteiger partial charge in [-0.25, -0.2) is 0 Å². The summed E-state index contributed by atoms with van der Waals surface area (Å²) >= 11 is 0. The van der Waals surface area contributed by atoms with Crippen LogP contribution in [0, 0.1) is 6.92 Å². The van der Waals surface area contributed by atoms with Gasteiger partial charge in [0.2, 0.25) is 0 Å². The summed E-state index contributed by atoms with van der Waals surface area (Å²) in [6.07, 6.45) is 3.02. The molecule has 1 aliphatic heterocycles. The van der Waals surface area contributed by atoms with Gasteiger partial charge in [-0.1, -0.05) is 23.4 Å². The van der Waals surface area contributed by atoms with E-state index in [1.54, 1.807) is 0 Å². The fourth-order valence-corrected chi connectivity index (χ4v) is 4.44. The SMILES string of the molecule is Cc1cc(CN2CCN(C(=O)c3c4c(nc5ccccc35)CCC4)CC2)no1. The van der Waals surface area contributed by atoms with Crippen LogP contribution in [-0.4, -0.2) is 52.0 Å². The summed E-state index contributed by atoms with van der Waals surface area (Å²) in [7, 11) is 0. The number of fused-ring (bicyclic) bond motifs is 2. The highest BCUT2D eigenvalue weighted by Crippen LogP contribution is 2.31. The Morgan fingerprint density at radius 1 is 1.14 bits per heavy atom. The molecule has 28 heavy (non-hydrogen) atoms. The number of nitrogens with zero attached hydrogens (tertiary/aromatic N) is 4. The minimum absolute atomic E-state index is 0.161. The zero-order valence-electron chi connectivity index (χ0n) is 16.1.